The molecule has 0 spiro atoms. The summed E-state index contributed by atoms with van der Waals surface area (Å²) < 4.78 is 5.10. The van der Waals surface area contributed by atoms with Gasteiger partial charge in [-0.15, -0.1) is 0 Å². The highest BCUT2D eigenvalue weighted by atomic mass is 16.5. The molecule has 1 aromatic carbocycles. The maximum Gasteiger partial charge on any atom is 0.310 e. The zero-order chi connectivity index (χ0) is 12.3. The van der Waals surface area contributed by atoms with Gasteiger partial charge in [0, 0.05) is 24.7 Å². The Bertz CT molecular complexity index is 406. The highest BCUT2D eigenvalue weighted by Crippen LogP contribution is 2.29. The first-order valence-corrected chi connectivity index (χ1v) is 5.95. The molecule has 1 fully saturated rings. The molecule has 1 heterocycles. The molecule has 0 saturated carbocycles. The Morgan fingerprint density at radius 2 is 2.35 bits per heavy atom. The second kappa shape index (κ2) is 5.19. The summed E-state index contributed by atoms with van der Waals surface area (Å²) in [5.41, 5.74) is 7.61. The Labute approximate surface area is 101 Å². The number of benzene rings is 1. The normalized spacial score (nSPS) is 23.6. The fourth-order valence-corrected chi connectivity index (χ4v) is 2.32. The zero-order valence-corrected chi connectivity index (χ0v) is 9.98. The van der Waals surface area contributed by atoms with E-state index in [0.717, 1.165) is 17.8 Å². The van der Waals surface area contributed by atoms with Gasteiger partial charge in [0.15, 0.2) is 0 Å². The van der Waals surface area contributed by atoms with Crippen LogP contribution in [0.1, 0.15) is 18.4 Å². The van der Waals surface area contributed by atoms with Gasteiger partial charge >= 0.3 is 5.97 Å². The number of carbonyl (C=O) groups excluding carboxylic acids is 1. The lowest BCUT2D eigenvalue weighted by molar-refractivity contribution is -0.147. The molecular formula is C13H18N2O2. The van der Waals surface area contributed by atoms with Gasteiger partial charge in [0.05, 0.1) is 12.5 Å². The van der Waals surface area contributed by atoms with E-state index in [2.05, 4.69) is 5.32 Å². The number of anilines is 1. The van der Waals surface area contributed by atoms with Crippen LogP contribution in [-0.2, 0) is 9.53 Å². The van der Waals surface area contributed by atoms with E-state index in [9.17, 15) is 4.79 Å². The molecule has 4 heteroatoms. The van der Waals surface area contributed by atoms with Crippen molar-refractivity contribution in [1.82, 2.24) is 5.32 Å². The Morgan fingerprint density at radius 1 is 1.53 bits per heavy atom. The topological polar surface area (TPSA) is 64.3 Å². The molecule has 4 nitrogen and oxygen atoms in total. The predicted octanol–water partition coefficient (Wildman–Crippen LogP) is 1.13. The molecule has 0 amide bonds. The van der Waals surface area contributed by atoms with Crippen LogP contribution in [0.4, 0.5) is 5.69 Å². The van der Waals surface area contributed by atoms with Crippen molar-refractivity contribution in [2.75, 3.05) is 25.4 Å². The lowest BCUT2D eigenvalue weighted by Gasteiger charge is -2.17. The molecule has 3 N–H and O–H groups in total. The molecule has 0 unspecified atom stereocenters. The van der Waals surface area contributed by atoms with E-state index < -0.39 is 0 Å². The van der Waals surface area contributed by atoms with Crippen LogP contribution in [0, 0.1) is 5.92 Å². The summed E-state index contributed by atoms with van der Waals surface area (Å²) >= 11 is 0. The fraction of sp³-hybridized carbons (Fsp3) is 0.462. The summed E-state index contributed by atoms with van der Waals surface area (Å²) in [6, 6.07) is 7.72. The van der Waals surface area contributed by atoms with Crippen LogP contribution in [0.2, 0.25) is 0 Å². The molecule has 1 aliphatic heterocycles. The third-order valence-electron chi connectivity index (χ3n) is 3.14. The summed E-state index contributed by atoms with van der Waals surface area (Å²) in [6.45, 7) is 3.74. The quantitative estimate of drug-likeness (QED) is 0.608. The molecule has 1 saturated heterocycles. The van der Waals surface area contributed by atoms with Crippen molar-refractivity contribution in [3.8, 4) is 0 Å². The third-order valence-corrected chi connectivity index (χ3v) is 3.14. The van der Waals surface area contributed by atoms with Crippen LogP contribution in [-0.4, -0.2) is 25.7 Å². The van der Waals surface area contributed by atoms with Crippen LogP contribution in [0.15, 0.2) is 24.3 Å². The highest BCUT2D eigenvalue weighted by molar-refractivity contribution is 5.74. The molecule has 2 atom stereocenters. The SMILES string of the molecule is CCOC(=O)[C@@H]1CNC[C@H]1c1cccc(N)c1. The fourth-order valence-electron chi connectivity index (χ4n) is 2.32. The largest absolute Gasteiger partial charge is 0.466 e. The predicted molar refractivity (Wildman–Crippen MR) is 66.6 cm³/mol. The molecule has 0 radical (unpaired) electrons. The average Bonchev–Trinajstić information content (AvgIpc) is 2.78. The number of hydrogen-bond donors (Lipinski definition) is 2. The Kier molecular flexibility index (Phi) is 3.64. The van der Waals surface area contributed by atoms with E-state index in [1.165, 1.54) is 0 Å². The lowest BCUT2D eigenvalue weighted by atomic mass is 9.89. The van der Waals surface area contributed by atoms with Crippen molar-refractivity contribution in [3.05, 3.63) is 29.8 Å². The van der Waals surface area contributed by atoms with Gasteiger partial charge in [0.25, 0.3) is 0 Å². The van der Waals surface area contributed by atoms with Gasteiger partial charge in [-0.1, -0.05) is 12.1 Å². The molecule has 2 rings (SSSR count). The molecule has 0 bridgehead atoms. The van der Waals surface area contributed by atoms with Gasteiger partial charge in [0.1, 0.15) is 0 Å². The smallest absolute Gasteiger partial charge is 0.310 e. The van der Waals surface area contributed by atoms with E-state index in [1.54, 1.807) is 0 Å². The number of hydrogen-bond acceptors (Lipinski definition) is 4. The van der Waals surface area contributed by atoms with Crippen molar-refractivity contribution in [1.29, 1.82) is 0 Å². The van der Waals surface area contributed by atoms with Crippen LogP contribution in [0.3, 0.4) is 0 Å². The molecule has 1 aromatic rings. The number of rotatable bonds is 3. The van der Waals surface area contributed by atoms with E-state index in [1.807, 2.05) is 31.2 Å². The molecule has 1 aliphatic rings. The summed E-state index contributed by atoms with van der Waals surface area (Å²) in [5, 5.41) is 3.24. The third kappa shape index (κ3) is 2.58. The van der Waals surface area contributed by atoms with Gasteiger partial charge in [-0.3, -0.25) is 4.79 Å². The molecule has 0 aromatic heterocycles. The maximum absolute atomic E-state index is 11.8. The summed E-state index contributed by atoms with van der Waals surface area (Å²) in [5.74, 6) is -0.0563. The first kappa shape index (κ1) is 11.9. The minimum atomic E-state index is -0.120. The monoisotopic (exact) mass is 234 g/mol. The number of carbonyl (C=O) groups is 1. The summed E-state index contributed by atoms with van der Waals surface area (Å²) in [7, 11) is 0. The highest BCUT2D eigenvalue weighted by Gasteiger charge is 2.34. The van der Waals surface area contributed by atoms with E-state index in [4.69, 9.17) is 10.5 Å². The van der Waals surface area contributed by atoms with Gasteiger partial charge < -0.3 is 15.8 Å². The van der Waals surface area contributed by atoms with Crippen molar-refractivity contribution in [2.45, 2.75) is 12.8 Å². The zero-order valence-electron chi connectivity index (χ0n) is 9.98. The van der Waals surface area contributed by atoms with Crippen LogP contribution < -0.4 is 11.1 Å². The Morgan fingerprint density at radius 3 is 3.06 bits per heavy atom. The van der Waals surface area contributed by atoms with Gasteiger partial charge in [-0.2, -0.15) is 0 Å². The van der Waals surface area contributed by atoms with Crippen LogP contribution in [0.25, 0.3) is 0 Å². The Hall–Kier alpha value is -1.55. The van der Waals surface area contributed by atoms with Crippen molar-refractivity contribution >= 4 is 11.7 Å². The number of esters is 1. The van der Waals surface area contributed by atoms with E-state index in [-0.39, 0.29) is 17.8 Å². The molecule has 92 valence electrons. The second-order valence-electron chi connectivity index (χ2n) is 4.29. The number of nitrogen functional groups attached to an aromatic ring is 1. The number of ether oxygens (including phenoxy) is 1. The first-order chi connectivity index (χ1) is 8.22. The summed E-state index contributed by atoms with van der Waals surface area (Å²) in [6.07, 6.45) is 0. The second-order valence-corrected chi connectivity index (χ2v) is 4.29. The number of nitrogens with one attached hydrogen (secondary N) is 1. The molecule has 0 aliphatic carbocycles. The van der Waals surface area contributed by atoms with Crippen LogP contribution >= 0.6 is 0 Å². The number of nitrogens with two attached hydrogens (primary N) is 1. The van der Waals surface area contributed by atoms with Gasteiger partial charge in [-0.05, 0) is 24.6 Å². The molecule has 17 heavy (non-hydrogen) atoms. The lowest BCUT2D eigenvalue weighted by Crippen LogP contribution is -2.24. The van der Waals surface area contributed by atoms with Crippen molar-refractivity contribution in [3.63, 3.8) is 0 Å². The first-order valence-electron chi connectivity index (χ1n) is 5.95. The van der Waals surface area contributed by atoms with Crippen LogP contribution in [0.5, 0.6) is 0 Å². The minimum Gasteiger partial charge on any atom is -0.466 e. The van der Waals surface area contributed by atoms with Gasteiger partial charge in [0.2, 0.25) is 0 Å². The van der Waals surface area contributed by atoms with Crippen molar-refractivity contribution < 1.29 is 9.53 Å². The van der Waals surface area contributed by atoms with Crippen molar-refractivity contribution in [2.24, 2.45) is 5.92 Å². The standard InChI is InChI=1S/C13H18N2O2/c1-2-17-13(16)12-8-15-7-11(12)9-4-3-5-10(14)6-9/h3-6,11-12,15H,2,7-8,14H2,1H3/t11-,12+/m0/s1. The van der Waals surface area contributed by atoms with Gasteiger partial charge in [-0.25, -0.2) is 0 Å². The van der Waals surface area contributed by atoms with E-state index in [0.29, 0.717) is 13.2 Å². The average molecular weight is 234 g/mol. The summed E-state index contributed by atoms with van der Waals surface area (Å²) in [4.78, 5) is 11.8. The maximum atomic E-state index is 11.8. The minimum absolute atomic E-state index is 0.100. The van der Waals surface area contributed by atoms with E-state index >= 15 is 0 Å². The molecular weight excluding hydrogens is 216 g/mol. The Balaban J connectivity index is 2.17.